The van der Waals surface area contributed by atoms with E-state index in [1.54, 1.807) is 24.3 Å². The Morgan fingerprint density at radius 2 is 1.53 bits per heavy atom. The number of rotatable bonds is 7. The Bertz CT molecular complexity index is 851. The Morgan fingerprint density at radius 1 is 0.967 bits per heavy atom. The molecule has 1 unspecified atom stereocenters. The van der Waals surface area contributed by atoms with Crippen molar-refractivity contribution < 1.29 is 22.8 Å². The molecule has 0 aliphatic carbocycles. The summed E-state index contributed by atoms with van der Waals surface area (Å²) in [6, 6.07) is 18.0. The van der Waals surface area contributed by atoms with Crippen LogP contribution in [0.2, 0.25) is 0 Å². The zero-order valence-corrected chi connectivity index (χ0v) is 18.5. The van der Waals surface area contributed by atoms with Crippen LogP contribution in [0.5, 0.6) is 0 Å². The van der Waals surface area contributed by atoms with Crippen LogP contribution in [0, 0.1) is 0 Å². The highest BCUT2D eigenvalue weighted by Crippen LogP contribution is 2.55. The van der Waals surface area contributed by atoms with Crippen LogP contribution in [-0.2, 0) is 4.79 Å². The van der Waals surface area contributed by atoms with Crippen molar-refractivity contribution in [1.29, 1.82) is 0 Å². The average Bonchev–Trinajstić information content (AvgIpc) is 2.76. The van der Waals surface area contributed by atoms with Gasteiger partial charge in [0.1, 0.15) is 4.08 Å². The van der Waals surface area contributed by atoms with Crippen molar-refractivity contribution in [3.05, 3.63) is 71.8 Å². The lowest BCUT2D eigenvalue weighted by atomic mass is 9.88. The molecular formula is C22H21F3O2S3. The lowest BCUT2D eigenvalue weighted by Crippen LogP contribution is -2.41. The predicted octanol–water partition coefficient (Wildman–Crippen LogP) is 6.43. The molecule has 0 aromatic heterocycles. The first-order valence-electron chi connectivity index (χ1n) is 9.47. The first-order chi connectivity index (χ1) is 14.3. The van der Waals surface area contributed by atoms with Crippen molar-refractivity contribution in [2.75, 3.05) is 17.3 Å². The van der Waals surface area contributed by atoms with Gasteiger partial charge in [0.15, 0.2) is 5.78 Å². The maximum absolute atomic E-state index is 13.2. The third kappa shape index (κ3) is 5.86. The summed E-state index contributed by atoms with van der Waals surface area (Å²) in [5.74, 6) is -0.510. The number of halogens is 3. The van der Waals surface area contributed by atoms with E-state index in [4.69, 9.17) is 0 Å². The molecule has 0 N–H and O–H groups in total. The maximum Gasteiger partial charge on any atom is 0.398 e. The molecule has 0 radical (unpaired) electrons. The lowest BCUT2D eigenvalue weighted by molar-refractivity contribution is -0.114. The van der Waals surface area contributed by atoms with Crippen LogP contribution < -0.4 is 0 Å². The molecule has 0 bridgehead atoms. The van der Waals surface area contributed by atoms with Gasteiger partial charge in [-0.3, -0.25) is 9.59 Å². The second kappa shape index (κ2) is 10.3. The Hall–Kier alpha value is -1.38. The van der Waals surface area contributed by atoms with Crippen molar-refractivity contribution in [2.45, 2.75) is 29.0 Å². The Balaban J connectivity index is 1.97. The lowest BCUT2D eigenvalue weighted by Gasteiger charge is -2.41. The van der Waals surface area contributed by atoms with Crippen molar-refractivity contribution >= 4 is 46.2 Å². The second-order valence-corrected chi connectivity index (χ2v) is 10.8. The highest BCUT2D eigenvalue weighted by atomic mass is 32.2. The van der Waals surface area contributed by atoms with Gasteiger partial charge in [0.05, 0.1) is 5.75 Å². The molecule has 30 heavy (non-hydrogen) atoms. The van der Waals surface area contributed by atoms with E-state index in [0.29, 0.717) is 28.8 Å². The SMILES string of the molecule is O=C(CC(c1ccccc1)C1(C(=O)SCC(F)(F)F)SCCCS1)c1ccccc1. The third-order valence-corrected chi connectivity index (χ3v) is 9.52. The topological polar surface area (TPSA) is 34.1 Å². The van der Waals surface area contributed by atoms with Gasteiger partial charge in [-0.05, 0) is 23.5 Å². The molecule has 1 saturated heterocycles. The summed E-state index contributed by atoms with van der Waals surface area (Å²) < 4.78 is 37.3. The molecule has 1 heterocycles. The van der Waals surface area contributed by atoms with Gasteiger partial charge in [-0.25, -0.2) is 0 Å². The second-order valence-electron chi connectivity index (χ2n) is 6.87. The molecule has 2 nitrogen and oxygen atoms in total. The number of hydrogen-bond acceptors (Lipinski definition) is 5. The predicted molar refractivity (Wildman–Crippen MR) is 120 cm³/mol. The molecule has 8 heteroatoms. The van der Waals surface area contributed by atoms with Crippen molar-refractivity contribution in [3.63, 3.8) is 0 Å². The van der Waals surface area contributed by atoms with Gasteiger partial charge in [0.25, 0.3) is 0 Å². The highest BCUT2D eigenvalue weighted by molar-refractivity contribution is 8.25. The number of ketones is 1. The largest absolute Gasteiger partial charge is 0.398 e. The van der Waals surface area contributed by atoms with E-state index >= 15 is 0 Å². The summed E-state index contributed by atoms with van der Waals surface area (Å²) in [6.07, 6.45) is -3.48. The summed E-state index contributed by atoms with van der Waals surface area (Å²) in [5.41, 5.74) is 1.33. The van der Waals surface area contributed by atoms with E-state index in [9.17, 15) is 22.8 Å². The first-order valence-corrected chi connectivity index (χ1v) is 12.4. The van der Waals surface area contributed by atoms with Crippen LogP contribution in [-0.4, -0.2) is 38.4 Å². The van der Waals surface area contributed by atoms with E-state index in [1.807, 2.05) is 36.4 Å². The molecule has 3 rings (SSSR count). The number of hydrogen-bond donors (Lipinski definition) is 0. The standard InChI is InChI=1S/C22H21F3O2S3/c23-21(24,25)15-28-20(27)22(29-12-7-13-30-22)18(16-8-3-1-4-9-16)14-19(26)17-10-5-2-6-11-17/h1-6,8-11,18H,7,12-15H2. The summed E-state index contributed by atoms with van der Waals surface area (Å²) in [5, 5.41) is -0.510. The van der Waals surface area contributed by atoms with Crippen molar-refractivity contribution in [1.82, 2.24) is 0 Å². The van der Waals surface area contributed by atoms with E-state index < -0.39 is 27.0 Å². The highest BCUT2D eigenvalue weighted by Gasteiger charge is 2.50. The minimum Gasteiger partial charge on any atom is -0.294 e. The zero-order chi connectivity index (χ0) is 21.6. The van der Waals surface area contributed by atoms with E-state index in [0.717, 1.165) is 12.0 Å². The molecule has 1 aliphatic rings. The van der Waals surface area contributed by atoms with Crippen LogP contribution in [0.25, 0.3) is 0 Å². The maximum atomic E-state index is 13.2. The smallest absolute Gasteiger partial charge is 0.294 e. The number of thioether (sulfide) groups is 3. The molecule has 2 aromatic rings. The Kier molecular flexibility index (Phi) is 7.98. The molecule has 2 aromatic carbocycles. The Morgan fingerprint density at radius 3 is 2.10 bits per heavy atom. The molecule has 160 valence electrons. The number of carbonyl (C=O) groups excluding carboxylic acids is 2. The summed E-state index contributed by atoms with van der Waals surface area (Å²) in [4.78, 5) is 26.2. The van der Waals surface area contributed by atoms with Gasteiger partial charge in [0.2, 0.25) is 5.12 Å². The fourth-order valence-electron chi connectivity index (χ4n) is 3.34. The normalized spacial score (nSPS) is 17.3. The van der Waals surface area contributed by atoms with E-state index in [-0.39, 0.29) is 12.2 Å². The average molecular weight is 471 g/mol. The molecular weight excluding hydrogens is 449 g/mol. The third-order valence-electron chi connectivity index (χ3n) is 4.72. The quantitative estimate of drug-likeness (QED) is 0.436. The number of alkyl halides is 3. The van der Waals surface area contributed by atoms with Crippen LogP contribution in [0.4, 0.5) is 13.2 Å². The van der Waals surface area contributed by atoms with Crippen molar-refractivity contribution in [3.8, 4) is 0 Å². The van der Waals surface area contributed by atoms with Crippen LogP contribution in [0.15, 0.2) is 60.7 Å². The molecule has 1 atom stereocenters. The fraction of sp³-hybridized carbons (Fsp3) is 0.364. The van der Waals surface area contributed by atoms with Gasteiger partial charge in [-0.15, -0.1) is 23.5 Å². The van der Waals surface area contributed by atoms with Gasteiger partial charge in [0, 0.05) is 17.9 Å². The first kappa shape index (κ1) is 23.3. The number of carbonyl (C=O) groups is 2. The summed E-state index contributed by atoms with van der Waals surface area (Å²) >= 11 is 3.08. The van der Waals surface area contributed by atoms with Crippen molar-refractivity contribution in [2.24, 2.45) is 0 Å². The monoisotopic (exact) mass is 470 g/mol. The van der Waals surface area contributed by atoms with Crippen LogP contribution in [0.3, 0.4) is 0 Å². The van der Waals surface area contributed by atoms with E-state index in [2.05, 4.69) is 0 Å². The fourth-order valence-corrected chi connectivity index (χ4v) is 7.96. The molecule has 0 spiro atoms. The summed E-state index contributed by atoms with van der Waals surface area (Å²) in [6.45, 7) is 0. The van der Waals surface area contributed by atoms with Gasteiger partial charge in [-0.1, -0.05) is 72.4 Å². The molecule has 0 saturated carbocycles. The van der Waals surface area contributed by atoms with Gasteiger partial charge >= 0.3 is 6.18 Å². The van der Waals surface area contributed by atoms with Crippen LogP contribution in [0.1, 0.15) is 34.7 Å². The zero-order valence-electron chi connectivity index (χ0n) is 16.1. The van der Waals surface area contributed by atoms with Crippen LogP contribution >= 0.6 is 35.3 Å². The van der Waals surface area contributed by atoms with Gasteiger partial charge in [-0.2, -0.15) is 13.2 Å². The molecule has 1 aliphatic heterocycles. The minimum atomic E-state index is -4.42. The van der Waals surface area contributed by atoms with Gasteiger partial charge < -0.3 is 0 Å². The summed E-state index contributed by atoms with van der Waals surface area (Å²) in [7, 11) is 0. The number of benzene rings is 2. The number of Topliss-reactive ketones (excluding diaryl/α,β-unsaturated/α-hetero) is 1. The molecule has 0 amide bonds. The van der Waals surface area contributed by atoms with E-state index in [1.165, 1.54) is 23.5 Å². The Labute approximate surface area is 186 Å². The minimum absolute atomic E-state index is 0.0618. The molecule has 1 fully saturated rings.